The first kappa shape index (κ1) is 19.7. The third kappa shape index (κ3) is 5.16. The lowest BCUT2D eigenvalue weighted by Crippen LogP contribution is -2.27. The van der Waals surface area contributed by atoms with E-state index in [1.54, 1.807) is 19.2 Å². The van der Waals surface area contributed by atoms with E-state index in [0.717, 1.165) is 24.3 Å². The highest BCUT2D eigenvalue weighted by atomic mass is 16.5. The number of benzene rings is 1. The summed E-state index contributed by atoms with van der Waals surface area (Å²) in [7, 11) is 1.59. The maximum Gasteiger partial charge on any atom is 0.271 e. The van der Waals surface area contributed by atoms with Crippen LogP contribution in [0.2, 0.25) is 0 Å². The number of ether oxygens (including phenoxy) is 1. The number of aryl methyl sites for hydroxylation is 1. The Kier molecular flexibility index (Phi) is 7.35. The number of amides is 1. The monoisotopic (exact) mass is 357 g/mol. The fraction of sp³-hybridized carbons (Fsp3) is 0.421. The third-order valence-corrected chi connectivity index (χ3v) is 4.09. The van der Waals surface area contributed by atoms with Crippen LogP contribution in [0, 0.1) is 6.92 Å². The molecule has 2 aromatic rings. The van der Waals surface area contributed by atoms with Gasteiger partial charge in [-0.2, -0.15) is 0 Å². The zero-order valence-electron chi connectivity index (χ0n) is 15.9. The SMILES string of the molecule is CCN(CC)c1ccc(Nc2ccc(C(=O)NCCOC)nn2)c(C)c1. The molecule has 1 aromatic carbocycles. The largest absolute Gasteiger partial charge is 0.383 e. The summed E-state index contributed by atoms with van der Waals surface area (Å²) < 4.78 is 4.90. The van der Waals surface area contributed by atoms with Crippen LogP contribution in [0.1, 0.15) is 29.9 Å². The van der Waals surface area contributed by atoms with Crippen LogP contribution in [0.25, 0.3) is 0 Å². The highest BCUT2D eigenvalue weighted by molar-refractivity contribution is 5.92. The van der Waals surface area contributed by atoms with E-state index in [1.807, 2.05) is 6.07 Å². The fourth-order valence-electron chi connectivity index (χ4n) is 2.59. The van der Waals surface area contributed by atoms with Crippen molar-refractivity contribution in [2.75, 3.05) is 43.6 Å². The van der Waals surface area contributed by atoms with Gasteiger partial charge in [-0.3, -0.25) is 4.79 Å². The molecule has 0 unspecified atom stereocenters. The Morgan fingerprint density at radius 1 is 1.15 bits per heavy atom. The molecule has 0 aliphatic carbocycles. The number of rotatable bonds is 9. The van der Waals surface area contributed by atoms with Crippen LogP contribution < -0.4 is 15.5 Å². The maximum absolute atomic E-state index is 11.9. The van der Waals surface area contributed by atoms with Crippen LogP contribution in [0.5, 0.6) is 0 Å². The molecular formula is C19H27N5O2. The number of aromatic nitrogens is 2. The average molecular weight is 357 g/mol. The summed E-state index contributed by atoms with van der Waals surface area (Å²) in [6.07, 6.45) is 0. The van der Waals surface area contributed by atoms with Crippen molar-refractivity contribution in [3.63, 3.8) is 0 Å². The molecular weight excluding hydrogens is 330 g/mol. The van der Waals surface area contributed by atoms with Crippen molar-refractivity contribution < 1.29 is 9.53 Å². The van der Waals surface area contributed by atoms with Crippen molar-refractivity contribution in [3.8, 4) is 0 Å². The van der Waals surface area contributed by atoms with Crippen LogP contribution in [0.4, 0.5) is 17.2 Å². The van der Waals surface area contributed by atoms with Crippen LogP contribution in [0.15, 0.2) is 30.3 Å². The van der Waals surface area contributed by atoms with Gasteiger partial charge in [0, 0.05) is 38.1 Å². The molecule has 0 fully saturated rings. The molecule has 0 spiro atoms. The second-order valence-corrected chi connectivity index (χ2v) is 5.85. The molecule has 1 aromatic heterocycles. The van der Waals surface area contributed by atoms with E-state index in [2.05, 4.69) is 58.6 Å². The van der Waals surface area contributed by atoms with Crippen LogP contribution in [-0.2, 0) is 4.74 Å². The molecule has 0 aliphatic rings. The number of anilines is 3. The predicted molar refractivity (Wildman–Crippen MR) is 104 cm³/mol. The number of methoxy groups -OCH3 is 1. The standard InChI is InChI=1S/C19H27N5O2/c1-5-24(6-2)15-7-8-16(14(3)13-15)21-18-10-9-17(22-23-18)19(25)20-11-12-26-4/h7-10,13H,5-6,11-12H2,1-4H3,(H,20,25)(H,21,23). The summed E-state index contributed by atoms with van der Waals surface area (Å²) in [5, 5.41) is 14.0. The molecule has 7 nitrogen and oxygen atoms in total. The minimum Gasteiger partial charge on any atom is -0.383 e. The molecule has 2 N–H and O–H groups in total. The second kappa shape index (κ2) is 9.72. The Bertz CT molecular complexity index is 714. The molecule has 140 valence electrons. The van der Waals surface area contributed by atoms with E-state index >= 15 is 0 Å². The fourth-order valence-corrected chi connectivity index (χ4v) is 2.59. The summed E-state index contributed by atoms with van der Waals surface area (Å²) in [4.78, 5) is 14.2. The highest BCUT2D eigenvalue weighted by Crippen LogP contribution is 2.24. The zero-order valence-corrected chi connectivity index (χ0v) is 15.9. The van der Waals surface area contributed by atoms with Crippen molar-refractivity contribution >= 4 is 23.1 Å². The van der Waals surface area contributed by atoms with Crippen molar-refractivity contribution in [1.29, 1.82) is 0 Å². The van der Waals surface area contributed by atoms with Gasteiger partial charge in [0.1, 0.15) is 0 Å². The van der Waals surface area contributed by atoms with Gasteiger partial charge in [-0.1, -0.05) is 0 Å². The molecule has 0 saturated carbocycles. The zero-order chi connectivity index (χ0) is 18.9. The van der Waals surface area contributed by atoms with Crippen LogP contribution in [-0.4, -0.2) is 49.5 Å². The van der Waals surface area contributed by atoms with E-state index in [9.17, 15) is 4.79 Å². The van der Waals surface area contributed by atoms with Crippen molar-refractivity contribution in [3.05, 3.63) is 41.6 Å². The van der Waals surface area contributed by atoms with Crippen molar-refractivity contribution in [2.24, 2.45) is 0 Å². The number of nitrogens with zero attached hydrogens (tertiary/aromatic N) is 3. The van der Waals surface area contributed by atoms with Gasteiger partial charge in [-0.05, 0) is 56.7 Å². The Morgan fingerprint density at radius 2 is 1.92 bits per heavy atom. The molecule has 0 saturated heterocycles. The molecule has 1 amide bonds. The Hall–Kier alpha value is -2.67. The summed E-state index contributed by atoms with van der Waals surface area (Å²) >= 11 is 0. The lowest BCUT2D eigenvalue weighted by Gasteiger charge is -2.22. The Morgan fingerprint density at radius 3 is 2.50 bits per heavy atom. The maximum atomic E-state index is 11.9. The van der Waals surface area contributed by atoms with Gasteiger partial charge < -0.3 is 20.3 Å². The Labute approximate surface area is 154 Å². The normalized spacial score (nSPS) is 10.5. The van der Waals surface area contributed by atoms with Crippen molar-refractivity contribution in [1.82, 2.24) is 15.5 Å². The number of nitrogens with one attached hydrogen (secondary N) is 2. The molecule has 1 heterocycles. The van der Waals surface area contributed by atoms with Crippen LogP contribution in [0.3, 0.4) is 0 Å². The van der Waals surface area contributed by atoms with Crippen molar-refractivity contribution in [2.45, 2.75) is 20.8 Å². The lowest BCUT2D eigenvalue weighted by molar-refractivity contribution is 0.0931. The van der Waals surface area contributed by atoms with E-state index in [0.29, 0.717) is 19.0 Å². The van der Waals surface area contributed by atoms with Gasteiger partial charge >= 0.3 is 0 Å². The molecule has 0 bridgehead atoms. The molecule has 0 aliphatic heterocycles. The van der Waals surface area contributed by atoms with Gasteiger partial charge in [-0.25, -0.2) is 0 Å². The van der Waals surface area contributed by atoms with E-state index in [-0.39, 0.29) is 11.6 Å². The molecule has 26 heavy (non-hydrogen) atoms. The number of carbonyl (C=O) groups is 1. The van der Waals surface area contributed by atoms with Gasteiger partial charge in [0.15, 0.2) is 11.5 Å². The third-order valence-electron chi connectivity index (χ3n) is 4.09. The van der Waals surface area contributed by atoms with E-state index in [4.69, 9.17) is 4.74 Å². The minimum absolute atomic E-state index is 0.263. The summed E-state index contributed by atoms with van der Waals surface area (Å²) in [6.45, 7) is 9.20. The first-order valence-corrected chi connectivity index (χ1v) is 8.82. The number of hydrogen-bond acceptors (Lipinski definition) is 6. The van der Waals surface area contributed by atoms with Gasteiger partial charge in [0.25, 0.3) is 5.91 Å². The number of carbonyl (C=O) groups excluding carboxylic acids is 1. The molecule has 7 heteroatoms. The van der Waals surface area contributed by atoms with E-state index < -0.39 is 0 Å². The Balaban J connectivity index is 2.03. The van der Waals surface area contributed by atoms with Gasteiger partial charge in [0.05, 0.1) is 6.61 Å². The highest BCUT2D eigenvalue weighted by Gasteiger charge is 2.09. The average Bonchev–Trinajstić information content (AvgIpc) is 2.65. The molecule has 2 rings (SSSR count). The lowest BCUT2D eigenvalue weighted by atomic mass is 10.1. The predicted octanol–water partition coefficient (Wildman–Crippen LogP) is 2.75. The summed E-state index contributed by atoms with van der Waals surface area (Å²) in [6, 6.07) is 9.68. The summed E-state index contributed by atoms with van der Waals surface area (Å²) in [5.74, 6) is 0.331. The number of hydrogen-bond donors (Lipinski definition) is 2. The van der Waals surface area contributed by atoms with E-state index in [1.165, 1.54) is 5.69 Å². The van der Waals surface area contributed by atoms with Gasteiger partial charge in [-0.15, -0.1) is 10.2 Å². The summed E-state index contributed by atoms with van der Waals surface area (Å²) in [5.41, 5.74) is 3.57. The first-order chi connectivity index (χ1) is 12.6. The van der Waals surface area contributed by atoms with Crippen LogP contribution >= 0.6 is 0 Å². The minimum atomic E-state index is -0.263. The quantitative estimate of drug-likeness (QED) is 0.672. The smallest absolute Gasteiger partial charge is 0.271 e. The second-order valence-electron chi connectivity index (χ2n) is 5.85. The first-order valence-electron chi connectivity index (χ1n) is 8.82. The van der Waals surface area contributed by atoms with Gasteiger partial charge in [0.2, 0.25) is 0 Å². The molecule has 0 atom stereocenters. The molecule has 0 radical (unpaired) electrons. The topological polar surface area (TPSA) is 79.4 Å².